The van der Waals surface area contributed by atoms with Crippen molar-refractivity contribution in [2.75, 3.05) is 23.3 Å². The quantitative estimate of drug-likeness (QED) is 0.797. The third-order valence-electron chi connectivity index (χ3n) is 5.94. The van der Waals surface area contributed by atoms with Crippen LogP contribution >= 0.6 is 0 Å². The summed E-state index contributed by atoms with van der Waals surface area (Å²) in [4.78, 5) is 19.7. The minimum atomic E-state index is 0.176. The smallest absolute Gasteiger partial charge is 0.227 e. The second-order valence-electron chi connectivity index (χ2n) is 7.85. The first kappa shape index (κ1) is 18.2. The van der Waals surface area contributed by atoms with Gasteiger partial charge in [-0.1, -0.05) is 26.2 Å². The zero-order valence-electron chi connectivity index (χ0n) is 15.9. The van der Waals surface area contributed by atoms with Crippen LogP contribution in [0.4, 0.5) is 11.5 Å². The van der Waals surface area contributed by atoms with Crippen LogP contribution in [0, 0.1) is 18.8 Å². The van der Waals surface area contributed by atoms with Crippen molar-refractivity contribution in [3.8, 4) is 0 Å². The highest BCUT2D eigenvalue weighted by molar-refractivity contribution is 5.93. The topological polar surface area (TPSA) is 45.2 Å². The maximum atomic E-state index is 12.6. The van der Waals surface area contributed by atoms with Crippen LogP contribution in [-0.2, 0) is 4.79 Å². The Morgan fingerprint density at radius 2 is 1.92 bits per heavy atom. The molecule has 1 saturated heterocycles. The number of rotatable bonds is 6. The molecule has 4 nitrogen and oxygen atoms in total. The van der Waals surface area contributed by atoms with Crippen LogP contribution in [0.2, 0.25) is 0 Å². The molecule has 25 heavy (non-hydrogen) atoms. The summed E-state index contributed by atoms with van der Waals surface area (Å²) < 4.78 is 0. The molecule has 2 heterocycles. The molecule has 0 aromatic carbocycles. The van der Waals surface area contributed by atoms with Crippen LogP contribution < -0.4 is 10.2 Å². The van der Waals surface area contributed by atoms with Gasteiger partial charge < -0.3 is 10.2 Å². The molecule has 1 saturated carbocycles. The summed E-state index contributed by atoms with van der Waals surface area (Å²) in [5.74, 6) is 2.25. The second-order valence-corrected chi connectivity index (χ2v) is 7.85. The number of amides is 1. The van der Waals surface area contributed by atoms with E-state index < -0.39 is 0 Å². The fraction of sp³-hybridized carbons (Fsp3) is 0.714. The van der Waals surface area contributed by atoms with Gasteiger partial charge in [-0.3, -0.25) is 4.79 Å². The lowest BCUT2D eigenvalue weighted by Crippen LogP contribution is -2.27. The third kappa shape index (κ3) is 4.74. The van der Waals surface area contributed by atoms with Gasteiger partial charge in [-0.25, -0.2) is 4.98 Å². The molecular weight excluding hydrogens is 310 g/mol. The number of hydrogen-bond acceptors (Lipinski definition) is 3. The van der Waals surface area contributed by atoms with Gasteiger partial charge in [0.15, 0.2) is 0 Å². The van der Waals surface area contributed by atoms with Crippen molar-refractivity contribution in [2.45, 2.75) is 71.6 Å². The van der Waals surface area contributed by atoms with E-state index in [0.717, 1.165) is 49.0 Å². The Labute approximate surface area is 152 Å². The van der Waals surface area contributed by atoms with Crippen LogP contribution in [0.5, 0.6) is 0 Å². The number of nitrogens with one attached hydrogen (secondary N) is 1. The van der Waals surface area contributed by atoms with Crippen molar-refractivity contribution in [1.82, 2.24) is 4.98 Å². The van der Waals surface area contributed by atoms with E-state index in [1.807, 2.05) is 13.0 Å². The average molecular weight is 344 g/mol. The van der Waals surface area contributed by atoms with Crippen molar-refractivity contribution in [1.29, 1.82) is 0 Å². The van der Waals surface area contributed by atoms with Crippen molar-refractivity contribution in [3.63, 3.8) is 0 Å². The lowest BCUT2D eigenvalue weighted by molar-refractivity contribution is -0.121. The highest BCUT2D eigenvalue weighted by Crippen LogP contribution is 2.33. The minimum Gasteiger partial charge on any atom is -0.357 e. The molecule has 4 heteroatoms. The van der Waals surface area contributed by atoms with Crippen LogP contribution in [0.1, 0.15) is 70.4 Å². The number of aromatic nitrogens is 1. The Morgan fingerprint density at radius 3 is 2.56 bits per heavy atom. The highest BCUT2D eigenvalue weighted by atomic mass is 16.1. The Balaban J connectivity index is 1.53. The number of hydrogen-bond donors (Lipinski definition) is 1. The summed E-state index contributed by atoms with van der Waals surface area (Å²) in [5.41, 5.74) is 1.80. The Morgan fingerprint density at radius 1 is 1.20 bits per heavy atom. The van der Waals surface area contributed by atoms with Crippen LogP contribution in [0.25, 0.3) is 0 Å². The molecule has 138 valence electrons. The van der Waals surface area contributed by atoms with E-state index in [2.05, 4.69) is 23.2 Å². The number of unbranched alkanes of at least 4 members (excludes halogenated alkanes) is 1. The molecule has 1 aliphatic carbocycles. The molecule has 1 aromatic heterocycles. The second kappa shape index (κ2) is 8.68. The van der Waals surface area contributed by atoms with E-state index >= 15 is 0 Å². The Bertz CT molecular complexity index is 573. The number of carbonyl (C=O) groups excluding carboxylic acids is 1. The number of aryl methyl sites for hydroxylation is 1. The molecule has 0 radical (unpaired) electrons. The lowest BCUT2D eigenvalue weighted by Gasteiger charge is -2.28. The van der Waals surface area contributed by atoms with Gasteiger partial charge in [0.2, 0.25) is 5.91 Å². The van der Waals surface area contributed by atoms with E-state index in [4.69, 9.17) is 4.98 Å². The van der Waals surface area contributed by atoms with Crippen molar-refractivity contribution >= 4 is 17.4 Å². The molecular formula is C21H33N3O. The summed E-state index contributed by atoms with van der Waals surface area (Å²) in [7, 11) is 0. The van der Waals surface area contributed by atoms with E-state index in [0.29, 0.717) is 0 Å². The lowest BCUT2D eigenvalue weighted by atomic mass is 9.79. The number of anilines is 2. The summed E-state index contributed by atoms with van der Waals surface area (Å²) in [6.45, 7) is 6.44. The molecule has 0 atom stereocenters. The van der Waals surface area contributed by atoms with Gasteiger partial charge in [-0.2, -0.15) is 0 Å². The van der Waals surface area contributed by atoms with Gasteiger partial charge in [0.1, 0.15) is 5.82 Å². The van der Waals surface area contributed by atoms with Crippen LogP contribution in [-0.4, -0.2) is 24.0 Å². The predicted molar refractivity (Wildman–Crippen MR) is 104 cm³/mol. The van der Waals surface area contributed by atoms with Crippen LogP contribution in [0.15, 0.2) is 12.1 Å². The van der Waals surface area contributed by atoms with Gasteiger partial charge >= 0.3 is 0 Å². The van der Waals surface area contributed by atoms with Crippen molar-refractivity contribution in [2.24, 2.45) is 11.8 Å². The normalized spacial score (nSPS) is 23.7. The molecule has 1 amide bonds. The Hall–Kier alpha value is -1.58. The SMILES string of the molecule is CCCCC1CCC(C(=O)Nc2ccc(N3CCCC3)nc2C)CC1. The van der Waals surface area contributed by atoms with E-state index in [9.17, 15) is 4.79 Å². The fourth-order valence-electron chi connectivity index (χ4n) is 4.24. The predicted octanol–water partition coefficient (Wildman–Crippen LogP) is 4.93. The van der Waals surface area contributed by atoms with Gasteiger partial charge in [-0.05, 0) is 63.5 Å². The molecule has 3 rings (SSSR count). The monoisotopic (exact) mass is 343 g/mol. The molecule has 1 aliphatic heterocycles. The minimum absolute atomic E-state index is 0.176. The molecule has 0 unspecified atom stereocenters. The molecule has 1 N–H and O–H groups in total. The zero-order chi connectivity index (χ0) is 17.6. The first-order chi connectivity index (χ1) is 12.2. The third-order valence-corrected chi connectivity index (χ3v) is 5.94. The van der Waals surface area contributed by atoms with Crippen molar-refractivity contribution in [3.05, 3.63) is 17.8 Å². The summed E-state index contributed by atoms with van der Waals surface area (Å²) in [5, 5.41) is 3.14. The molecule has 2 aliphatic rings. The Kier molecular flexibility index (Phi) is 6.33. The maximum absolute atomic E-state index is 12.6. The van der Waals surface area contributed by atoms with Gasteiger partial charge in [0.05, 0.1) is 11.4 Å². The largest absolute Gasteiger partial charge is 0.357 e. The number of nitrogens with zero attached hydrogens (tertiary/aromatic N) is 2. The first-order valence-electron chi connectivity index (χ1n) is 10.2. The molecule has 0 bridgehead atoms. The van der Waals surface area contributed by atoms with Gasteiger partial charge in [-0.15, -0.1) is 0 Å². The molecule has 1 aromatic rings. The summed E-state index contributed by atoms with van der Waals surface area (Å²) in [6.07, 6.45) is 10.9. The van der Waals surface area contributed by atoms with Crippen molar-refractivity contribution < 1.29 is 4.79 Å². The molecule has 2 fully saturated rings. The highest BCUT2D eigenvalue weighted by Gasteiger charge is 2.26. The number of carbonyl (C=O) groups is 1. The number of pyridine rings is 1. The zero-order valence-corrected chi connectivity index (χ0v) is 15.9. The van der Waals surface area contributed by atoms with E-state index in [-0.39, 0.29) is 11.8 Å². The average Bonchev–Trinajstić information content (AvgIpc) is 3.16. The summed E-state index contributed by atoms with van der Waals surface area (Å²) in [6, 6.07) is 4.08. The van der Waals surface area contributed by atoms with Gasteiger partial charge in [0.25, 0.3) is 0 Å². The molecule has 0 spiro atoms. The van der Waals surface area contributed by atoms with E-state index in [1.54, 1.807) is 0 Å². The van der Waals surface area contributed by atoms with Crippen LogP contribution in [0.3, 0.4) is 0 Å². The fourth-order valence-corrected chi connectivity index (χ4v) is 4.24. The van der Waals surface area contributed by atoms with E-state index in [1.165, 1.54) is 44.9 Å². The standard InChI is InChI=1S/C21H33N3O/c1-3-4-7-17-8-10-18(11-9-17)21(25)23-19-12-13-20(22-16(19)2)24-14-5-6-15-24/h12-13,17-18H,3-11,14-15H2,1-2H3,(H,23,25). The maximum Gasteiger partial charge on any atom is 0.227 e. The summed E-state index contributed by atoms with van der Waals surface area (Å²) >= 11 is 0. The first-order valence-corrected chi connectivity index (χ1v) is 10.2. The van der Waals surface area contributed by atoms with Gasteiger partial charge in [0, 0.05) is 19.0 Å².